The van der Waals surface area contributed by atoms with Crippen molar-refractivity contribution in [3.05, 3.63) is 77.6 Å². The first-order valence-corrected chi connectivity index (χ1v) is 14.7. The van der Waals surface area contributed by atoms with Crippen molar-refractivity contribution in [3.63, 3.8) is 0 Å². The van der Waals surface area contributed by atoms with Crippen LogP contribution >= 0.6 is 11.8 Å². The fraction of sp³-hybridized carbons (Fsp3) is 0.200. The molecule has 6 rings (SSSR count). The molecule has 2 bridgehead atoms. The van der Waals surface area contributed by atoms with Crippen molar-refractivity contribution in [2.75, 3.05) is 11.6 Å². The molecule has 6 heteroatoms. The third-order valence-corrected chi connectivity index (χ3v) is 16.3. The zero-order valence-electron chi connectivity index (χ0n) is 13.9. The van der Waals surface area contributed by atoms with E-state index in [1.807, 2.05) is 17.8 Å². The molecule has 4 aliphatic heterocycles. The molecule has 0 aliphatic carbocycles. The normalized spacial score (nSPS) is 21.0. The Kier molecular flexibility index (Phi) is 3.98. The molecule has 1 N–H and O–H groups in total. The molecule has 0 unspecified atom stereocenters. The van der Waals surface area contributed by atoms with Crippen molar-refractivity contribution < 1.29 is 13.2 Å². The molecular formula is C20H15F3InNS. The molecule has 0 atom stereocenters. The number of benzene rings is 2. The summed E-state index contributed by atoms with van der Waals surface area (Å²) < 4.78 is 43.6. The fourth-order valence-corrected chi connectivity index (χ4v) is 16.6. The van der Waals surface area contributed by atoms with Crippen LogP contribution in [0.15, 0.2) is 60.9 Å². The third-order valence-electron chi connectivity index (χ3n) is 5.38. The van der Waals surface area contributed by atoms with E-state index in [-0.39, 0.29) is 0 Å². The second-order valence-corrected chi connectivity index (χ2v) is 15.7. The number of rotatable bonds is 2. The molecule has 4 heterocycles. The number of allylic oxidation sites excluding steroid dienone is 3. The molecule has 0 amide bonds. The van der Waals surface area contributed by atoms with Gasteiger partial charge in [-0.05, 0) is 0 Å². The molecule has 2 aromatic rings. The van der Waals surface area contributed by atoms with E-state index in [0.29, 0.717) is 6.42 Å². The van der Waals surface area contributed by atoms with Crippen molar-refractivity contribution in [1.82, 2.24) is 5.32 Å². The average Bonchev–Trinajstić information content (AvgIpc) is 3.31. The number of halogens is 3. The first-order chi connectivity index (χ1) is 12.5. The Morgan fingerprint density at radius 1 is 1.08 bits per heavy atom. The maximum atomic E-state index is 13.0. The van der Waals surface area contributed by atoms with E-state index >= 15 is 0 Å². The van der Waals surface area contributed by atoms with Crippen molar-refractivity contribution >= 4 is 42.1 Å². The molecule has 4 aliphatic rings. The Hall–Kier alpha value is -1.27. The van der Waals surface area contributed by atoms with Crippen LogP contribution in [0.3, 0.4) is 0 Å². The van der Waals surface area contributed by atoms with Crippen LogP contribution in [0.5, 0.6) is 0 Å². The average molecular weight is 473 g/mol. The van der Waals surface area contributed by atoms with Crippen LogP contribution in [0, 0.1) is 0 Å². The van der Waals surface area contributed by atoms with Crippen LogP contribution in [0.2, 0.25) is 0 Å². The number of nitrogens with one attached hydrogen (secondary N) is 1. The van der Waals surface area contributed by atoms with E-state index in [1.54, 1.807) is 3.33 Å². The molecule has 130 valence electrons. The summed E-state index contributed by atoms with van der Waals surface area (Å²) in [4.78, 5) is 0. The fourth-order valence-electron chi connectivity index (χ4n) is 4.30. The molecule has 1 fully saturated rings. The molecule has 0 saturated carbocycles. The summed E-state index contributed by atoms with van der Waals surface area (Å²) >= 11 is -0.357. The first-order valence-electron chi connectivity index (χ1n) is 8.57. The van der Waals surface area contributed by atoms with Gasteiger partial charge in [0.2, 0.25) is 0 Å². The Morgan fingerprint density at radius 2 is 1.92 bits per heavy atom. The molecule has 2 aromatic carbocycles. The maximum absolute atomic E-state index is 13.0. The van der Waals surface area contributed by atoms with Crippen molar-refractivity contribution in [2.45, 2.75) is 12.6 Å². The van der Waals surface area contributed by atoms with Gasteiger partial charge in [-0.25, -0.2) is 0 Å². The summed E-state index contributed by atoms with van der Waals surface area (Å²) in [6, 6.07) is 14.4. The Bertz CT molecular complexity index is 969. The quantitative estimate of drug-likeness (QED) is 0.707. The van der Waals surface area contributed by atoms with Gasteiger partial charge in [0.05, 0.1) is 0 Å². The van der Waals surface area contributed by atoms with Crippen LogP contribution in [0.4, 0.5) is 13.2 Å². The first kappa shape index (κ1) is 16.9. The van der Waals surface area contributed by atoms with Gasteiger partial charge in [-0.1, -0.05) is 0 Å². The molecular weight excluding hydrogens is 458 g/mol. The van der Waals surface area contributed by atoms with Gasteiger partial charge in [-0.15, -0.1) is 0 Å². The Balaban J connectivity index is 1.55. The van der Waals surface area contributed by atoms with E-state index in [2.05, 4.69) is 29.6 Å². The summed E-state index contributed by atoms with van der Waals surface area (Å²) in [5.74, 6) is 2.00. The van der Waals surface area contributed by atoms with E-state index in [0.717, 1.165) is 23.3 Å². The summed E-state index contributed by atoms with van der Waals surface area (Å²) in [6.07, 6.45) is -3.62. The minimum absolute atomic E-state index is 0.549. The van der Waals surface area contributed by atoms with Crippen LogP contribution in [-0.2, 0) is 12.6 Å². The van der Waals surface area contributed by atoms with Crippen LogP contribution in [-0.4, -0.2) is 33.1 Å². The van der Waals surface area contributed by atoms with Crippen molar-refractivity contribution in [1.29, 1.82) is 0 Å². The number of hydrogen-bond donors (Lipinski definition) is 1. The SMILES string of the molecule is FC(F)(F)c1cccc(C[C]2=C3/[C](=C4\CSCN4)[In]2[c]2ccccc23)c1. The van der Waals surface area contributed by atoms with Crippen molar-refractivity contribution in [3.8, 4) is 0 Å². The summed E-state index contributed by atoms with van der Waals surface area (Å²) in [5, 5.41) is 3.52. The van der Waals surface area contributed by atoms with Gasteiger partial charge in [0.15, 0.2) is 0 Å². The van der Waals surface area contributed by atoms with Crippen LogP contribution < -0.4 is 8.64 Å². The van der Waals surface area contributed by atoms with E-state index < -0.39 is 33.2 Å². The van der Waals surface area contributed by atoms with Crippen LogP contribution in [0.1, 0.15) is 16.7 Å². The molecule has 1 saturated heterocycles. The number of thioether (sulfide) groups is 1. The van der Waals surface area contributed by atoms with Gasteiger partial charge < -0.3 is 0 Å². The minimum atomic E-state index is -4.28. The van der Waals surface area contributed by atoms with Gasteiger partial charge in [-0.3, -0.25) is 0 Å². The topological polar surface area (TPSA) is 12.0 Å². The van der Waals surface area contributed by atoms with E-state index in [4.69, 9.17) is 0 Å². The summed E-state index contributed by atoms with van der Waals surface area (Å²) in [5.41, 5.74) is 4.31. The summed E-state index contributed by atoms with van der Waals surface area (Å²) in [6.45, 7) is 0. The monoisotopic (exact) mass is 473 g/mol. The van der Waals surface area contributed by atoms with Gasteiger partial charge in [0, 0.05) is 0 Å². The second-order valence-electron chi connectivity index (χ2n) is 6.86. The van der Waals surface area contributed by atoms with Crippen LogP contribution in [0.25, 0.3) is 5.57 Å². The van der Waals surface area contributed by atoms with Gasteiger partial charge >= 0.3 is 162 Å². The molecule has 0 spiro atoms. The Morgan fingerprint density at radius 3 is 2.65 bits per heavy atom. The zero-order valence-corrected chi connectivity index (χ0v) is 18.0. The number of hydrogen-bond acceptors (Lipinski definition) is 2. The molecule has 0 radical (unpaired) electrons. The standard InChI is InChI=1S/C20H15F3NS.In/c21-20(22,23)18-8-4-5-15(11-18)9-10-17(12-19-13-25-14-24-19)16-6-2-1-3-7-16;/h1-6,8,11,24H,9,13-14H2;. The van der Waals surface area contributed by atoms with Gasteiger partial charge in [0.25, 0.3) is 0 Å². The van der Waals surface area contributed by atoms with Gasteiger partial charge in [0.1, 0.15) is 0 Å². The van der Waals surface area contributed by atoms with Crippen molar-refractivity contribution in [2.24, 2.45) is 0 Å². The zero-order chi connectivity index (χ0) is 17.9. The third kappa shape index (κ3) is 2.56. The van der Waals surface area contributed by atoms with E-state index in [1.165, 1.54) is 35.6 Å². The second kappa shape index (κ2) is 6.13. The predicted octanol–water partition coefficient (Wildman–Crippen LogP) is 4.06. The molecule has 0 aromatic heterocycles. The predicted molar refractivity (Wildman–Crippen MR) is 101 cm³/mol. The summed E-state index contributed by atoms with van der Waals surface area (Å²) in [7, 11) is 0. The molecule has 26 heavy (non-hydrogen) atoms. The molecule has 1 nitrogen and oxygen atoms in total. The van der Waals surface area contributed by atoms with E-state index in [9.17, 15) is 13.2 Å². The van der Waals surface area contributed by atoms with Gasteiger partial charge in [-0.2, -0.15) is 0 Å². The Labute approximate surface area is 161 Å². The number of alkyl halides is 3.